The third-order valence-corrected chi connectivity index (χ3v) is 5.86. The Hall–Kier alpha value is -4.22. The topological polar surface area (TPSA) is 130 Å². The van der Waals surface area contributed by atoms with E-state index in [1.807, 2.05) is 4.90 Å². The minimum absolute atomic E-state index is 0.0282. The highest BCUT2D eigenvalue weighted by atomic mass is 35.5. The van der Waals surface area contributed by atoms with E-state index in [4.69, 9.17) is 46.9 Å². The molecule has 13 heteroatoms. The Bertz CT molecular complexity index is 1200. The lowest BCUT2D eigenvalue weighted by molar-refractivity contribution is -0.146. The first-order valence-corrected chi connectivity index (χ1v) is 14.3. The smallest absolute Gasteiger partial charge is 0.461 e. The normalized spacial score (nSPS) is 10.9. The van der Waals surface area contributed by atoms with E-state index in [1.54, 1.807) is 36.4 Å². The minimum Gasteiger partial charge on any atom is -0.461 e. The van der Waals surface area contributed by atoms with Gasteiger partial charge in [0.25, 0.3) is 0 Å². The Balaban J connectivity index is 1.85. The predicted octanol–water partition coefficient (Wildman–Crippen LogP) is 5.38. The van der Waals surface area contributed by atoms with E-state index in [0.29, 0.717) is 36.2 Å². The fraction of sp³-hybridized carbons (Fsp3) is 0.333. The van der Waals surface area contributed by atoms with Crippen LogP contribution >= 0.6 is 23.2 Å². The Morgan fingerprint density at radius 3 is 2.00 bits per heavy atom. The number of carbonyl (C=O) groups excluding carboxylic acids is 4. The summed E-state index contributed by atoms with van der Waals surface area (Å²) in [6, 6.07) is 11.8. The van der Waals surface area contributed by atoms with Crippen molar-refractivity contribution in [1.82, 2.24) is 5.32 Å². The molecular weight excluding hydrogens is 603 g/mol. The quantitative estimate of drug-likeness (QED) is 0.0748. The van der Waals surface area contributed by atoms with Crippen LogP contribution in [0.3, 0.4) is 0 Å². The third-order valence-electron chi connectivity index (χ3n) is 5.52. The average molecular weight is 638 g/mol. The summed E-state index contributed by atoms with van der Waals surface area (Å²) < 4.78 is 25.5. The Labute approximate surface area is 260 Å². The van der Waals surface area contributed by atoms with Crippen molar-refractivity contribution in [3.63, 3.8) is 0 Å². The van der Waals surface area contributed by atoms with Crippen molar-refractivity contribution in [2.24, 2.45) is 0 Å². The number of esters is 2. The maximum absolute atomic E-state index is 12.4. The van der Waals surface area contributed by atoms with Crippen LogP contribution < -0.4 is 19.7 Å². The summed E-state index contributed by atoms with van der Waals surface area (Å²) in [5, 5.41) is 2.39. The highest BCUT2D eigenvalue weighted by Crippen LogP contribution is 2.20. The van der Waals surface area contributed by atoms with Gasteiger partial charge < -0.3 is 33.9 Å². The number of anilines is 1. The molecule has 1 amide bonds. The third kappa shape index (κ3) is 13.5. The number of hydrogen-bond donors (Lipinski definition) is 1. The van der Waals surface area contributed by atoms with Crippen LogP contribution in [-0.4, -0.2) is 68.3 Å². The summed E-state index contributed by atoms with van der Waals surface area (Å²) in [5.41, 5.74) is 1.49. The maximum Gasteiger partial charge on any atom is 0.514 e. The molecule has 43 heavy (non-hydrogen) atoms. The molecule has 0 fully saturated rings. The number of benzene rings is 2. The van der Waals surface area contributed by atoms with Crippen molar-refractivity contribution in [3.8, 4) is 11.5 Å². The second-order valence-electron chi connectivity index (χ2n) is 8.66. The van der Waals surface area contributed by atoms with Crippen LogP contribution in [0.5, 0.6) is 11.5 Å². The van der Waals surface area contributed by atoms with Crippen LogP contribution in [0.15, 0.2) is 73.8 Å². The monoisotopic (exact) mass is 636 g/mol. The summed E-state index contributed by atoms with van der Waals surface area (Å²) in [7, 11) is 0. The summed E-state index contributed by atoms with van der Waals surface area (Å²) in [5.74, 6) is 0.0362. The zero-order chi connectivity index (χ0) is 31.5. The van der Waals surface area contributed by atoms with Gasteiger partial charge in [0.05, 0.1) is 0 Å². The van der Waals surface area contributed by atoms with Crippen molar-refractivity contribution < 1.29 is 42.9 Å². The average Bonchev–Trinajstić information content (AvgIpc) is 3.00. The zero-order valence-electron chi connectivity index (χ0n) is 23.5. The highest BCUT2D eigenvalue weighted by Gasteiger charge is 2.24. The predicted molar refractivity (Wildman–Crippen MR) is 162 cm³/mol. The molecule has 1 N–H and O–H groups in total. The van der Waals surface area contributed by atoms with Crippen LogP contribution in [-0.2, 0) is 30.4 Å². The van der Waals surface area contributed by atoms with Crippen LogP contribution in [0.2, 0.25) is 0 Å². The molecule has 0 aliphatic carbocycles. The van der Waals surface area contributed by atoms with Crippen LogP contribution in [0, 0.1) is 0 Å². The summed E-state index contributed by atoms with van der Waals surface area (Å²) in [4.78, 5) is 50.7. The fourth-order valence-electron chi connectivity index (χ4n) is 3.48. The molecule has 0 saturated carbocycles. The van der Waals surface area contributed by atoms with E-state index >= 15 is 0 Å². The molecule has 232 valence electrons. The number of nitrogens with one attached hydrogen (secondary N) is 1. The van der Waals surface area contributed by atoms with Gasteiger partial charge in [-0.15, -0.1) is 23.2 Å². The fourth-order valence-corrected chi connectivity index (χ4v) is 3.88. The lowest BCUT2D eigenvalue weighted by atomic mass is 10.1. The molecule has 2 rings (SSSR count). The zero-order valence-corrected chi connectivity index (χ0v) is 25.0. The molecule has 0 aliphatic heterocycles. The molecule has 0 saturated heterocycles. The summed E-state index contributed by atoms with van der Waals surface area (Å²) in [6.45, 7) is 8.04. The van der Waals surface area contributed by atoms with Crippen molar-refractivity contribution in [2.45, 2.75) is 25.5 Å². The largest absolute Gasteiger partial charge is 0.514 e. The lowest BCUT2D eigenvalue weighted by Crippen LogP contribution is -2.43. The van der Waals surface area contributed by atoms with Crippen molar-refractivity contribution in [1.29, 1.82) is 0 Å². The van der Waals surface area contributed by atoms with Crippen molar-refractivity contribution in [2.75, 3.05) is 43.0 Å². The van der Waals surface area contributed by atoms with E-state index in [-0.39, 0.29) is 38.4 Å². The van der Waals surface area contributed by atoms with E-state index in [2.05, 4.69) is 18.5 Å². The van der Waals surface area contributed by atoms with E-state index in [1.165, 1.54) is 24.3 Å². The number of alkyl halides is 2. The standard InChI is InChI=1S/C30H34Cl2N2O9/c1-3-19-39-27(35)14-13-26(28(36)40-20-4-2)33-29(37)42-24-9-5-22(6-10-24)21-41-30(38)43-25-11-7-23(8-12-25)34(17-15-31)18-16-32/h3-12,26H,1-2,13-21H2,(H,33,37)/t26-/m0/s1. The molecule has 0 bridgehead atoms. The number of carbonyl (C=O) groups is 4. The number of ether oxygens (including phenoxy) is 5. The first kappa shape index (κ1) is 35.0. The SMILES string of the molecule is C=CCOC(=O)CC[C@H](NC(=O)Oc1ccc(COC(=O)Oc2ccc(N(CCCl)CCCl)cc2)cc1)C(=O)OCC=C. The minimum atomic E-state index is -1.16. The molecule has 0 aromatic heterocycles. The first-order valence-electron chi connectivity index (χ1n) is 13.2. The molecule has 2 aromatic rings. The van der Waals surface area contributed by atoms with Gasteiger partial charge in [0.15, 0.2) is 0 Å². The first-order chi connectivity index (χ1) is 20.8. The van der Waals surface area contributed by atoms with Gasteiger partial charge in [0.1, 0.15) is 37.4 Å². The van der Waals surface area contributed by atoms with E-state index in [0.717, 1.165) is 5.69 Å². The van der Waals surface area contributed by atoms with E-state index in [9.17, 15) is 19.2 Å². The molecule has 0 heterocycles. The van der Waals surface area contributed by atoms with Crippen LogP contribution in [0.25, 0.3) is 0 Å². The molecule has 2 aromatic carbocycles. The van der Waals surface area contributed by atoms with Gasteiger partial charge in [-0.05, 0) is 48.4 Å². The number of rotatable bonds is 18. The Morgan fingerprint density at radius 1 is 0.814 bits per heavy atom. The van der Waals surface area contributed by atoms with E-state index < -0.39 is 30.2 Å². The van der Waals surface area contributed by atoms with Gasteiger partial charge >= 0.3 is 24.2 Å². The van der Waals surface area contributed by atoms with Crippen LogP contribution in [0.1, 0.15) is 18.4 Å². The van der Waals surface area contributed by atoms with Gasteiger partial charge in [0.2, 0.25) is 0 Å². The van der Waals surface area contributed by atoms with Gasteiger partial charge in [-0.1, -0.05) is 37.4 Å². The summed E-state index contributed by atoms with van der Waals surface area (Å²) in [6.07, 6.45) is 0.732. The lowest BCUT2D eigenvalue weighted by Gasteiger charge is -2.22. The molecular formula is C30H34Cl2N2O9. The second-order valence-corrected chi connectivity index (χ2v) is 9.42. The molecule has 0 radical (unpaired) electrons. The Kier molecular flexibility index (Phi) is 16.1. The maximum atomic E-state index is 12.4. The molecule has 0 unspecified atom stereocenters. The molecule has 1 atom stereocenters. The van der Waals surface area contributed by atoms with Crippen LogP contribution in [0.4, 0.5) is 15.3 Å². The van der Waals surface area contributed by atoms with Crippen molar-refractivity contribution in [3.05, 3.63) is 79.4 Å². The van der Waals surface area contributed by atoms with Gasteiger partial charge in [-0.2, -0.15) is 0 Å². The molecule has 0 aliphatic rings. The van der Waals surface area contributed by atoms with Crippen molar-refractivity contribution >= 4 is 53.1 Å². The number of amides is 1. The van der Waals surface area contributed by atoms with Gasteiger partial charge in [-0.3, -0.25) is 4.79 Å². The number of hydrogen-bond acceptors (Lipinski definition) is 10. The molecule has 0 spiro atoms. The van der Waals surface area contributed by atoms with Gasteiger partial charge in [-0.25, -0.2) is 14.4 Å². The second kappa shape index (κ2) is 19.8. The number of nitrogens with zero attached hydrogens (tertiary/aromatic N) is 1. The highest BCUT2D eigenvalue weighted by molar-refractivity contribution is 6.18. The summed E-state index contributed by atoms with van der Waals surface area (Å²) >= 11 is 11.7. The Morgan fingerprint density at radius 2 is 1.40 bits per heavy atom. The van der Waals surface area contributed by atoms with Gasteiger partial charge in [0, 0.05) is 37.0 Å². The number of halogens is 2. The molecule has 11 nitrogen and oxygen atoms in total.